The molecule has 4 aromatic rings. The average Bonchev–Trinajstić information content (AvgIpc) is 3.65. The maximum absolute atomic E-state index is 14.8. The summed E-state index contributed by atoms with van der Waals surface area (Å²) in [6.07, 6.45) is 1.50. The van der Waals surface area contributed by atoms with Crippen LogP contribution in [-0.2, 0) is 17.9 Å². The zero-order chi connectivity index (χ0) is 27.6. The first kappa shape index (κ1) is 26.5. The summed E-state index contributed by atoms with van der Waals surface area (Å²) in [7, 11) is 0. The van der Waals surface area contributed by atoms with Gasteiger partial charge in [-0.3, -0.25) is 0 Å². The molecule has 0 saturated heterocycles. The molecule has 202 valence electrons. The van der Waals surface area contributed by atoms with Gasteiger partial charge in [0.2, 0.25) is 0 Å². The summed E-state index contributed by atoms with van der Waals surface area (Å²) < 4.78 is 27.8. The van der Waals surface area contributed by atoms with E-state index in [9.17, 15) is 9.18 Å². The molecule has 1 heterocycles. The molecule has 0 unspecified atom stereocenters. The van der Waals surface area contributed by atoms with E-state index in [1.54, 1.807) is 12.1 Å². The molecule has 0 radical (unpaired) electrons. The average molecular weight is 528 g/mol. The van der Waals surface area contributed by atoms with Gasteiger partial charge in [0.15, 0.2) is 17.4 Å². The van der Waals surface area contributed by atoms with Gasteiger partial charge in [0, 0.05) is 30.3 Å². The van der Waals surface area contributed by atoms with Crippen LogP contribution >= 0.6 is 0 Å². The van der Waals surface area contributed by atoms with Crippen LogP contribution in [0, 0.1) is 12.7 Å². The number of carbonyl (C=O) groups excluding carboxylic acids is 1. The van der Waals surface area contributed by atoms with Crippen molar-refractivity contribution < 1.29 is 18.7 Å². The molecular formula is C32H34FN3O3. The number of ether oxygens (including phenoxy) is 2. The molecule has 5 rings (SSSR count). The van der Waals surface area contributed by atoms with E-state index in [-0.39, 0.29) is 18.3 Å². The van der Waals surface area contributed by atoms with Crippen molar-refractivity contribution in [3.63, 3.8) is 0 Å². The minimum atomic E-state index is -0.645. The van der Waals surface area contributed by atoms with Crippen LogP contribution in [0.5, 0.6) is 5.75 Å². The number of halogens is 1. The summed E-state index contributed by atoms with van der Waals surface area (Å²) in [6, 6.07) is 24.6. The standard InChI is InChI=1S/C32H34FN3O3/c1-22-10-12-23(13-11-22)20-35(26-16-17-27(33)29(18-26)38-21-24-8-6-5-7-9-24)30-19-28(25-14-15-25)36(34-30)31(37)39-32(2,3)4/h5-13,16-19,25H,14-15,20-21H2,1-4H3. The minimum absolute atomic E-state index is 0.152. The van der Waals surface area contributed by atoms with E-state index < -0.39 is 17.5 Å². The van der Waals surface area contributed by atoms with Crippen LogP contribution in [0.25, 0.3) is 0 Å². The number of aryl methyl sites for hydroxylation is 1. The molecule has 7 heteroatoms. The van der Waals surface area contributed by atoms with Crippen LogP contribution < -0.4 is 9.64 Å². The molecule has 1 aromatic heterocycles. The SMILES string of the molecule is Cc1ccc(CN(c2ccc(F)c(OCc3ccccc3)c2)c2cc(C3CC3)n(C(=O)OC(C)(C)C)n2)cc1. The highest BCUT2D eigenvalue weighted by molar-refractivity contribution is 5.73. The monoisotopic (exact) mass is 527 g/mol. The predicted octanol–water partition coefficient (Wildman–Crippen LogP) is 7.91. The number of aromatic nitrogens is 2. The van der Waals surface area contributed by atoms with Crippen molar-refractivity contribution in [3.8, 4) is 5.75 Å². The number of hydrogen-bond acceptors (Lipinski definition) is 5. The van der Waals surface area contributed by atoms with Crippen LogP contribution in [0.3, 0.4) is 0 Å². The summed E-state index contributed by atoms with van der Waals surface area (Å²) in [5.41, 5.74) is 4.05. The lowest BCUT2D eigenvalue weighted by Gasteiger charge is -2.24. The Balaban J connectivity index is 1.51. The highest BCUT2D eigenvalue weighted by Gasteiger charge is 2.33. The number of hydrogen-bond donors (Lipinski definition) is 0. The van der Waals surface area contributed by atoms with Crippen LogP contribution in [0.1, 0.15) is 61.9 Å². The van der Waals surface area contributed by atoms with Crippen molar-refractivity contribution in [1.29, 1.82) is 0 Å². The number of anilines is 2. The Labute approximate surface area is 229 Å². The van der Waals surface area contributed by atoms with Gasteiger partial charge in [0.25, 0.3) is 0 Å². The van der Waals surface area contributed by atoms with Gasteiger partial charge in [0.1, 0.15) is 12.2 Å². The quantitative estimate of drug-likeness (QED) is 0.233. The van der Waals surface area contributed by atoms with Crippen molar-refractivity contribution >= 4 is 17.6 Å². The fourth-order valence-electron chi connectivity index (χ4n) is 4.32. The minimum Gasteiger partial charge on any atom is -0.486 e. The second-order valence-corrected chi connectivity index (χ2v) is 11.1. The van der Waals surface area contributed by atoms with Gasteiger partial charge in [-0.1, -0.05) is 60.2 Å². The molecule has 3 aromatic carbocycles. The lowest BCUT2D eigenvalue weighted by atomic mass is 10.1. The van der Waals surface area contributed by atoms with E-state index >= 15 is 0 Å². The molecular weight excluding hydrogens is 493 g/mol. The van der Waals surface area contributed by atoms with Crippen LogP contribution in [-0.4, -0.2) is 21.5 Å². The van der Waals surface area contributed by atoms with Crippen molar-refractivity contribution in [1.82, 2.24) is 9.78 Å². The number of nitrogens with zero attached hydrogens (tertiary/aromatic N) is 3. The second-order valence-electron chi connectivity index (χ2n) is 11.1. The number of rotatable bonds is 8. The Morgan fingerprint density at radius 1 is 1.00 bits per heavy atom. The summed E-state index contributed by atoms with van der Waals surface area (Å²) in [4.78, 5) is 15.1. The molecule has 6 nitrogen and oxygen atoms in total. The summed E-state index contributed by atoms with van der Waals surface area (Å²) in [6.45, 7) is 8.28. The van der Waals surface area contributed by atoms with Gasteiger partial charge in [0.05, 0.1) is 5.69 Å². The maximum Gasteiger partial charge on any atom is 0.435 e. The third-order valence-corrected chi connectivity index (χ3v) is 6.49. The Kier molecular flexibility index (Phi) is 7.42. The van der Waals surface area contributed by atoms with Gasteiger partial charge < -0.3 is 14.4 Å². The number of carbonyl (C=O) groups is 1. The van der Waals surface area contributed by atoms with E-state index in [0.29, 0.717) is 18.1 Å². The highest BCUT2D eigenvalue weighted by atomic mass is 19.1. The second kappa shape index (κ2) is 10.9. The molecule has 1 saturated carbocycles. The Hall–Kier alpha value is -4.13. The van der Waals surface area contributed by atoms with Gasteiger partial charge >= 0.3 is 6.09 Å². The van der Waals surface area contributed by atoms with Crippen molar-refractivity contribution in [2.45, 2.75) is 65.2 Å². The van der Waals surface area contributed by atoms with E-state index in [2.05, 4.69) is 24.3 Å². The molecule has 1 fully saturated rings. The third-order valence-electron chi connectivity index (χ3n) is 6.49. The maximum atomic E-state index is 14.8. The summed E-state index contributed by atoms with van der Waals surface area (Å²) in [5.74, 6) is 0.559. The van der Waals surface area contributed by atoms with E-state index in [1.165, 1.54) is 10.7 Å². The topological polar surface area (TPSA) is 56.6 Å². The van der Waals surface area contributed by atoms with Gasteiger partial charge in [-0.25, -0.2) is 9.18 Å². The predicted molar refractivity (Wildman–Crippen MR) is 150 cm³/mol. The molecule has 0 aliphatic heterocycles. The molecule has 0 spiro atoms. The fourth-order valence-corrected chi connectivity index (χ4v) is 4.32. The zero-order valence-electron chi connectivity index (χ0n) is 22.9. The first-order valence-corrected chi connectivity index (χ1v) is 13.3. The van der Waals surface area contributed by atoms with Crippen molar-refractivity contribution in [2.24, 2.45) is 0 Å². The van der Waals surface area contributed by atoms with Crippen LogP contribution in [0.2, 0.25) is 0 Å². The van der Waals surface area contributed by atoms with Gasteiger partial charge in [-0.15, -0.1) is 5.10 Å². The van der Waals surface area contributed by atoms with E-state index in [1.807, 2.05) is 69.0 Å². The first-order chi connectivity index (χ1) is 18.7. The molecule has 0 atom stereocenters. The fraction of sp³-hybridized carbons (Fsp3) is 0.312. The van der Waals surface area contributed by atoms with Gasteiger partial charge in [-0.05, 0) is 63.8 Å². The van der Waals surface area contributed by atoms with E-state index in [0.717, 1.165) is 35.2 Å². The molecule has 0 bridgehead atoms. The zero-order valence-corrected chi connectivity index (χ0v) is 22.9. The smallest absolute Gasteiger partial charge is 0.435 e. The Bertz CT molecular complexity index is 1440. The van der Waals surface area contributed by atoms with E-state index in [4.69, 9.17) is 14.6 Å². The first-order valence-electron chi connectivity index (χ1n) is 13.3. The lowest BCUT2D eigenvalue weighted by Crippen LogP contribution is -2.29. The van der Waals surface area contributed by atoms with Crippen molar-refractivity contribution in [2.75, 3.05) is 4.90 Å². The largest absolute Gasteiger partial charge is 0.486 e. The Morgan fingerprint density at radius 3 is 2.38 bits per heavy atom. The number of benzene rings is 3. The molecule has 39 heavy (non-hydrogen) atoms. The molecule has 0 N–H and O–H groups in total. The molecule has 0 amide bonds. The summed E-state index contributed by atoms with van der Waals surface area (Å²) >= 11 is 0. The molecule has 1 aliphatic carbocycles. The van der Waals surface area contributed by atoms with Crippen LogP contribution in [0.15, 0.2) is 78.9 Å². The van der Waals surface area contributed by atoms with Gasteiger partial charge in [-0.2, -0.15) is 4.68 Å². The normalized spacial score (nSPS) is 13.3. The van der Waals surface area contributed by atoms with Crippen LogP contribution in [0.4, 0.5) is 20.7 Å². The van der Waals surface area contributed by atoms with Crippen molar-refractivity contribution in [3.05, 3.63) is 107 Å². The summed E-state index contributed by atoms with van der Waals surface area (Å²) in [5, 5.41) is 4.73. The molecule has 1 aliphatic rings. The lowest BCUT2D eigenvalue weighted by molar-refractivity contribution is 0.0509. The Morgan fingerprint density at radius 2 is 1.72 bits per heavy atom. The third kappa shape index (κ3) is 6.66. The highest BCUT2D eigenvalue weighted by Crippen LogP contribution is 2.42.